The molecule has 30 heavy (non-hydrogen) atoms. The van der Waals surface area contributed by atoms with Gasteiger partial charge in [-0.25, -0.2) is 8.78 Å². The molecule has 1 aromatic heterocycles. The van der Waals surface area contributed by atoms with Gasteiger partial charge < -0.3 is 20.5 Å². The summed E-state index contributed by atoms with van der Waals surface area (Å²) in [5.74, 6) is -4.03. The van der Waals surface area contributed by atoms with Crippen LogP contribution in [0.1, 0.15) is 46.1 Å². The minimum absolute atomic E-state index is 0.0935. The fourth-order valence-corrected chi connectivity index (χ4v) is 4.93. The minimum atomic E-state index is -0.957. The maximum Gasteiger partial charge on any atom is 0.250 e. The molecular weight excluding hydrogens is 414 g/mol. The Hall–Kier alpha value is -2.78. The highest BCUT2D eigenvalue weighted by atomic mass is 32.1. The largest absolute Gasteiger partial charge is 0.457 e. The zero-order chi connectivity index (χ0) is 21.5. The molecule has 2 heterocycles. The zero-order valence-electron chi connectivity index (χ0n) is 16.2. The van der Waals surface area contributed by atoms with Gasteiger partial charge in [0.05, 0.1) is 17.2 Å². The van der Waals surface area contributed by atoms with Crippen LogP contribution in [0.4, 0.5) is 13.8 Å². The summed E-state index contributed by atoms with van der Waals surface area (Å²) in [6, 6.07) is 2.44. The second-order valence-electron chi connectivity index (χ2n) is 7.33. The number of ketones is 1. The zero-order valence-corrected chi connectivity index (χ0v) is 17.0. The summed E-state index contributed by atoms with van der Waals surface area (Å²) in [6.45, 7) is 1.51. The number of hydrogen-bond acceptors (Lipinski definition) is 6. The summed E-state index contributed by atoms with van der Waals surface area (Å²) in [4.78, 5) is 26.3. The summed E-state index contributed by atoms with van der Waals surface area (Å²) in [5, 5.41) is 2.90. The highest BCUT2D eigenvalue weighted by molar-refractivity contribution is 7.17. The van der Waals surface area contributed by atoms with E-state index in [1.54, 1.807) is 0 Å². The summed E-state index contributed by atoms with van der Waals surface area (Å²) >= 11 is 1.21. The van der Waals surface area contributed by atoms with E-state index >= 15 is 0 Å². The predicted octanol–water partition coefficient (Wildman–Crippen LogP) is 3.64. The molecule has 0 bridgehead atoms. The number of benzene rings is 1. The van der Waals surface area contributed by atoms with E-state index in [1.807, 2.05) is 0 Å². The van der Waals surface area contributed by atoms with E-state index in [9.17, 15) is 18.4 Å². The van der Waals surface area contributed by atoms with Crippen molar-refractivity contribution in [1.29, 1.82) is 0 Å². The van der Waals surface area contributed by atoms with Gasteiger partial charge in [-0.1, -0.05) is 6.07 Å². The average Bonchev–Trinajstić information content (AvgIpc) is 3.24. The number of nitrogens with two attached hydrogens (primary N) is 1. The maximum absolute atomic E-state index is 14.4. The van der Waals surface area contributed by atoms with E-state index in [0.29, 0.717) is 31.2 Å². The number of amides is 1. The number of carbonyl (C=O) groups excluding carboxylic acids is 2. The van der Waals surface area contributed by atoms with Crippen molar-refractivity contribution in [3.05, 3.63) is 63.9 Å². The normalized spacial score (nSPS) is 17.6. The third-order valence-corrected chi connectivity index (χ3v) is 6.48. The third-order valence-electron chi connectivity index (χ3n) is 5.27. The first-order valence-corrected chi connectivity index (χ1v) is 10.3. The molecule has 1 spiro atoms. The molecule has 1 atom stereocenters. The summed E-state index contributed by atoms with van der Waals surface area (Å²) in [5.41, 5.74) is 5.73. The molecule has 6 nitrogen and oxygen atoms in total. The Morgan fingerprint density at radius 1 is 1.13 bits per heavy atom. The molecule has 4 rings (SSSR count). The molecule has 1 amide bonds. The van der Waals surface area contributed by atoms with E-state index in [0.717, 1.165) is 17.0 Å². The first-order chi connectivity index (χ1) is 14.3. The number of hydrogen-bond donors (Lipinski definition) is 2. The topological polar surface area (TPSA) is 90.7 Å². The van der Waals surface area contributed by atoms with Crippen LogP contribution in [0.2, 0.25) is 0 Å². The number of carbonyl (C=O) groups is 2. The van der Waals surface area contributed by atoms with Crippen LogP contribution >= 0.6 is 11.3 Å². The predicted molar refractivity (Wildman–Crippen MR) is 107 cm³/mol. The Balaban J connectivity index is 1.78. The van der Waals surface area contributed by atoms with Crippen LogP contribution in [-0.2, 0) is 27.1 Å². The summed E-state index contributed by atoms with van der Waals surface area (Å²) in [7, 11) is 0. The van der Waals surface area contributed by atoms with Crippen LogP contribution in [0.3, 0.4) is 0 Å². The lowest BCUT2D eigenvalue weighted by Gasteiger charge is -2.26. The first kappa shape index (κ1) is 20.5. The number of thiophene rings is 1. The van der Waals surface area contributed by atoms with E-state index in [1.165, 1.54) is 36.9 Å². The summed E-state index contributed by atoms with van der Waals surface area (Å²) < 4.78 is 40.0. The van der Waals surface area contributed by atoms with Crippen molar-refractivity contribution in [2.24, 2.45) is 5.73 Å². The van der Waals surface area contributed by atoms with Crippen molar-refractivity contribution in [2.75, 3.05) is 5.32 Å². The lowest BCUT2D eigenvalue weighted by molar-refractivity contribution is -0.149. The third kappa shape index (κ3) is 3.59. The fourth-order valence-electron chi connectivity index (χ4n) is 3.68. The number of nitrogens with one attached hydrogen (secondary N) is 1. The number of anilines is 1. The minimum Gasteiger partial charge on any atom is -0.457 e. The molecule has 1 aromatic carbocycles. The average molecular weight is 434 g/mol. The van der Waals surface area contributed by atoms with Gasteiger partial charge in [0.25, 0.3) is 0 Å². The molecule has 2 aromatic rings. The van der Waals surface area contributed by atoms with Crippen molar-refractivity contribution in [2.45, 2.75) is 44.4 Å². The van der Waals surface area contributed by atoms with Gasteiger partial charge in [-0.05, 0) is 37.5 Å². The smallest absolute Gasteiger partial charge is 0.250 e. The van der Waals surface area contributed by atoms with E-state index in [4.69, 9.17) is 15.2 Å². The lowest BCUT2D eigenvalue weighted by atomic mass is 9.96. The van der Waals surface area contributed by atoms with Crippen LogP contribution in [-0.4, -0.2) is 23.5 Å². The molecule has 158 valence electrons. The molecule has 1 aliphatic heterocycles. The number of ether oxygens (including phenoxy) is 2. The first-order valence-electron chi connectivity index (χ1n) is 9.52. The van der Waals surface area contributed by atoms with E-state index in [2.05, 4.69) is 5.32 Å². The van der Waals surface area contributed by atoms with Crippen molar-refractivity contribution in [3.8, 4) is 0 Å². The van der Waals surface area contributed by atoms with E-state index < -0.39 is 40.7 Å². The van der Waals surface area contributed by atoms with Gasteiger partial charge >= 0.3 is 0 Å². The Bertz CT molecular complexity index is 1020. The summed E-state index contributed by atoms with van der Waals surface area (Å²) in [6.07, 6.45) is 4.86. The molecule has 0 saturated carbocycles. The monoisotopic (exact) mass is 434 g/mol. The molecule has 1 unspecified atom stereocenters. The number of aryl methyl sites for hydroxylation is 1. The fraction of sp³-hybridized carbons (Fsp3) is 0.333. The quantitative estimate of drug-likeness (QED) is 0.717. The van der Waals surface area contributed by atoms with Crippen LogP contribution in [0.25, 0.3) is 0 Å². The van der Waals surface area contributed by atoms with Gasteiger partial charge in [-0.2, -0.15) is 0 Å². The van der Waals surface area contributed by atoms with Gasteiger partial charge in [0.1, 0.15) is 29.2 Å². The van der Waals surface area contributed by atoms with Crippen LogP contribution in [0.5, 0.6) is 0 Å². The molecule has 9 heteroatoms. The second kappa shape index (κ2) is 7.81. The van der Waals surface area contributed by atoms with Gasteiger partial charge in [0.2, 0.25) is 17.5 Å². The highest BCUT2D eigenvalue weighted by Crippen LogP contribution is 2.43. The van der Waals surface area contributed by atoms with Gasteiger partial charge in [-0.15, -0.1) is 11.3 Å². The Kier molecular flexibility index (Phi) is 5.33. The molecular formula is C21H20F2N2O4S. The Morgan fingerprint density at radius 2 is 1.77 bits per heavy atom. The van der Waals surface area contributed by atoms with Crippen molar-refractivity contribution < 1.29 is 27.8 Å². The number of halogens is 2. The van der Waals surface area contributed by atoms with Crippen LogP contribution < -0.4 is 11.1 Å². The van der Waals surface area contributed by atoms with Crippen molar-refractivity contribution in [3.63, 3.8) is 0 Å². The molecule has 2 aliphatic rings. The highest BCUT2D eigenvalue weighted by Gasteiger charge is 2.40. The second-order valence-corrected chi connectivity index (χ2v) is 8.44. The molecule has 0 fully saturated rings. The Labute approximate surface area is 175 Å². The van der Waals surface area contributed by atoms with E-state index in [-0.39, 0.29) is 10.6 Å². The molecule has 0 saturated heterocycles. The standard InChI is InChI=1S/C21H20F2N2O4S/c1-11(24)19(27)25-20-16(18(26)17-13(22)3-2-4-14(17)23)12-5-7-21(28-9-10-29-21)8-6-15(12)30-20/h2-4,9-11H,5-8,24H2,1H3,(H,25,27). The van der Waals surface area contributed by atoms with Gasteiger partial charge in [0, 0.05) is 17.7 Å². The molecule has 1 aliphatic carbocycles. The number of rotatable bonds is 4. The van der Waals surface area contributed by atoms with Crippen molar-refractivity contribution >= 4 is 28.0 Å². The SMILES string of the molecule is CC(N)C(=O)Nc1sc2c(c1C(=O)c1c(F)cccc1F)CCC1(CC2)OC=CO1. The lowest BCUT2D eigenvalue weighted by Crippen LogP contribution is -2.32. The van der Waals surface area contributed by atoms with Crippen LogP contribution in [0, 0.1) is 11.6 Å². The van der Waals surface area contributed by atoms with Crippen molar-refractivity contribution in [1.82, 2.24) is 0 Å². The number of fused-ring (bicyclic) bond motifs is 1. The maximum atomic E-state index is 14.4. The van der Waals surface area contributed by atoms with Crippen LogP contribution in [0.15, 0.2) is 30.7 Å². The van der Waals surface area contributed by atoms with Gasteiger partial charge in [0.15, 0.2) is 0 Å². The molecule has 3 N–H and O–H groups in total. The Morgan fingerprint density at radius 3 is 2.40 bits per heavy atom. The molecule has 0 radical (unpaired) electrons. The van der Waals surface area contributed by atoms with Gasteiger partial charge in [-0.3, -0.25) is 9.59 Å².